The minimum absolute atomic E-state index is 0.0433. The van der Waals surface area contributed by atoms with E-state index in [1.54, 1.807) is 35.4 Å². The van der Waals surface area contributed by atoms with Gasteiger partial charge in [-0.1, -0.05) is 0 Å². The Balaban J connectivity index is 1.62. The van der Waals surface area contributed by atoms with Crippen LogP contribution in [0.15, 0.2) is 49.2 Å². The zero-order chi connectivity index (χ0) is 18.5. The summed E-state index contributed by atoms with van der Waals surface area (Å²) in [4.78, 5) is 20.7. The number of nitrogens with one attached hydrogen (secondary N) is 1. The standard InChI is InChI=1S/C19H21N5O2/c1-13(2)26-18-5-4-15(10-21-18)19(25)22-8-14-6-16(9-20-7-14)17-11-23-24(3)12-17/h4-7,9-13H,8H2,1-3H3,(H,22,25). The van der Waals surface area contributed by atoms with Crippen LogP contribution >= 0.6 is 0 Å². The molecular formula is C19H21N5O2. The van der Waals surface area contributed by atoms with E-state index in [9.17, 15) is 4.79 Å². The van der Waals surface area contributed by atoms with E-state index in [0.29, 0.717) is 18.0 Å². The van der Waals surface area contributed by atoms with Crippen molar-refractivity contribution in [3.8, 4) is 17.0 Å². The Morgan fingerprint density at radius 1 is 1.19 bits per heavy atom. The minimum atomic E-state index is -0.194. The fourth-order valence-corrected chi connectivity index (χ4v) is 2.42. The molecule has 26 heavy (non-hydrogen) atoms. The highest BCUT2D eigenvalue weighted by Gasteiger charge is 2.08. The van der Waals surface area contributed by atoms with Crippen LogP contribution in [0, 0.1) is 0 Å². The van der Waals surface area contributed by atoms with Crippen molar-refractivity contribution in [2.24, 2.45) is 7.05 Å². The molecule has 3 aromatic rings. The summed E-state index contributed by atoms with van der Waals surface area (Å²) in [5.74, 6) is 0.310. The van der Waals surface area contributed by atoms with Crippen molar-refractivity contribution in [1.82, 2.24) is 25.1 Å². The third-order valence-electron chi connectivity index (χ3n) is 3.64. The Labute approximate surface area is 152 Å². The number of amides is 1. The van der Waals surface area contributed by atoms with Crippen LogP contribution < -0.4 is 10.1 Å². The van der Waals surface area contributed by atoms with Gasteiger partial charge in [-0.3, -0.25) is 14.5 Å². The first-order valence-electron chi connectivity index (χ1n) is 8.35. The first-order valence-corrected chi connectivity index (χ1v) is 8.35. The fraction of sp³-hybridized carbons (Fsp3) is 0.263. The van der Waals surface area contributed by atoms with Crippen molar-refractivity contribution in [3.05, 3.63) is 60.3 Å². The van der Waals surface area contributed by atoms with Crippen molar-refractivity contribution < 1.29 is 9.53 Å². The van der Waals surface area contributed by atoms with Crippen molar-refractivity contribution in [2.75, 3.05) is 0 Å². The van der Waals surface area contributed by atoms with Crippen LogP contribution in [-0.4, -0.2) is 31.8 Å². The molecule has 0 spiro atoms. The topological polar surface area (TPSA) is 81.9 Å². The van der Waals surface area contributed by atoms with Crippen LogP contribution in [0.2, 0.25) is 0 Å². The highest BCUT2D eigenvalue weighted by molar-refractivity contribution is 5.93. The van der Waals surface area contributed by atoms with Gasteiger partial charge in [0, 0.05) is 55.6 Å². The third kappa shape index (κ3) is 4.44. The molecule has 0 atom stereocenters. The molecule has 3 aromatic heterocycles. The largest absolute Gasteiger partial charge is 0.475 e. The number of nitrogens with zero attached hydrogens (tertiary/aromatic N) is 4. The second-order valence-electron chi connectivity index (χ2n) is 6.22. The van der Waals surface area contributed by atoms with Crippen LogP contribution in [0.4, 0.5) is 0 Å². The molecule has 0 bridgehead atoms. The van der Waals surface area contributed by atoms with Gasteiger partial charge in [0.2, 0.25) is 5.88 Å². The molecule has 0 aromatic carbocycles. The number of carbonyl (C=O) groups excluding carboxylic acids is 1. The van der Waals surface area contributed by atoms with Gasteiger partial charge in [0.25, 0.3) is 5.91 Å². The highest BCUT2D eigenvalue weighted by atomic mass is 16.5. The molecule has 1 N–H and O–H groups in total. The Morgan fingerprint density at radius 3 is 2.69 bits per heavy atom. The van der Waals surface area contributed by atoms with E-state index >= 15 is 0 Å². The van der Waals surface area contributed by atoms with Gasteiger partial charge in [-0.05, 0) is 31.5 Å². The van der Waals surface area contributed by atoms with Gasteiger partial charge in [0.15, 0.2) is 0 Å². The summed E-state index contributed by atoms with van der Waals surface area (Å²) >= 11 is 0. The lowest BCUT2D eigenvalue weighted by molar-refractivity contribution is 0.0950. The van der Waals surface area contributed by atoms with Crippen LogP contribution in [0.1, 0.15) is 29.8 Å². The average molecular weight is 351 g/mol. The molecular weight excluding hydrogens is 330 g/mol. The van der Waals surface area contributed by atoms with Crippen molar-refractivity contribution in [1.29, 1.82) is 0 Å². The van der Waals surface area contributed by atoms with E-state index in [2.05, 4.69) is 20.4 Å². The maximum absolute atomic E-state index is 12.3. The molecule has 0 saturated heterocycles. The smallest absolute Gasteiger partial charge is 0.253 e. The lowest BCUT2D eigenvalue weighted by Crippen LogP contribution is -2.23. The lowest BCUT2D eigenvalue weighted by atomic mass is 10.1. The van der Waals surface area contributed by atoms with E-state index in [-0.39, 0.29) is 12.0 Å². The number of ether oxygens (including phenoxy) is 1. The number of hydrogen-bond acceptors (Lipinski definition) is 5. The van der Waals surface area contributed by atoms with Crippen molar-refractivity contribution >= 4 is 5.91 Å². The summed E-state index contributed by atoms with van der Waals surface area (Å²) in [6, 6.07) is 5.38. The maximum atomic E-state index is 12.3. The number of aryl methyl sites for hydroxylation is 1. The number of carbonyl (C=O) groups is 1. The van der Waals surface area contributed by atoms with Gasteiger partial charge in [-0.25, -0.2) is 4.98 Å². The van der Waals surface area contributed by atoms with Crippen LogP contribution in [0.5, 0.6) is 5.88 Å². The average Bonchev–Trinajstić information content (AvgIpc) is 3.06. The summed E-state index contributed by atoms with van der Waals surface area (Å²) < 4.78 is 7.22. The van der Waals surface area contributed by atoms with Gasteiger partial charge in [0.05, 0.1) is 17.9 Å². The Morgan fingerprint density at radius 2 is 2.04 bits per heavy atom. The normalized spacial score (nSPS) is 10.8. The maximum Gasteiger partial charge on any atom is 0.253 e. The first-order chi connectivity index (χ1) is 12.5. The van der Waals surface area contributed by atoms with E-state index in [1.807, 2.05) is 33.2 Å². The van der Waals surface area contributed by atoms with Gasteiger partial charge in [-0.2, -0.15) is 5.10 Å². The minimum Gasteiger partial charge on any atom is -0.475 e. The molecule has 0 aliphatic carbocycles. The first kappa shape index (κ1) is 17.6. The van der Waals surface area contributed by atoms with E-state index < -0.39 is 0 Å². The van der Waals surface area contributed by atoms with Crippen LogP contribution in [0.25, 0.3) is 11.1 Å². The molecule has 3 rings (SSSR count). The lowest BCUT2D eigenvalue weighted by Gasteiger charge is -2.09. The fourth-order valence-electron chi connectivity index (χ4n) is 2.42. The van der Waals surface area contributed by atoms with Crippen LogP contribution in [-0.2, 0) is 13.6 Å². The Hall–Kier alpha value is -3.22. The second-order valence-corrected chi connectivity index (χ2v) is 6.22. The van der Waals surface area contributed by atoms with E-state index in [4.69, 9.17) is 4.74 Å². The van der Waals surface area contributed by atoms with E-state index in [1.165, 1.54) is 6.20 Å². The zero-order valence-corrected chi connectivity index (χ0v) is 15.0. The summed E-state index contributed by atoms with van der Waals surface area (Å²) in [6.45, 7) is 4.23. The predicted octanol–water partition coefficient (Wildman–Crippen LogP) is 2.59. The molecule has 7 nitrogen and oxygen atoms in total. The number of aromatic nitrogens is 4. The molecule has 0 radical (unpaired) electrons. The SMILES string of the molecule is CC(C)Oc1ccc(C(=O)NCc2cncc(-c3cnn(C)c3)c2)cn1. The second kappa shape index (κ2) is 7.77. The summed E-state index contributed by atoms with van der Waals surface area (Å²) in [5.41, 5.74) is 3.34. The number of hydrogen-bond donors (Lipinski definition) is 1. The van der Waals surface area contributed by atoms with Crippen molar-refractivity contribution in [3.63, 3.8) is 0 Å². The monoisotopic (exact) mass is 351 g/mol. The van der Waals surface area contributed by atoms with Gasteiger partial charge in [0.1, 0.15) is 0 Å². The summed E-state index contributed by atoms with van der Waals surface area (Å²) in [5, 5.41) is 7.04. The molecule has 3 heterocycles. The number of rotatable bonds is 6. The van der Waals surface area contributed by atoms with Gasteiger partial charge < -0.3 is 10.1 Å². The summed E-state index contributed by atoms with van der Waals surface area (Å²) in [7, 11) is 1.87. The van der Waals surface area contributed by atoms with Gasteiger partial charge >= 0.3 is 0 Å². The quantitative estimate of drug-likeness (QED) is 0.738. The zero-order valence-electron chi connectivity index (χ0n) is 15.0. The molecule has 7 heteroatoms. The Bertz CT molecular complexity index is 887. The molecule has 0 aliphatic heterocycles. The molecule has 0 aliphatic rings. The molecule has 1 amide bonds. The van der Waals surface area contributed by atoms with Crippen molar-refractivity contribution in [2.45, 2.75) is 26.5 Å². The van der Waals surface area contributed by atoms with Gasteiger partial charge in [-0.15, -0.1) is 0 Å². The molecule has 0 unspecified atom stereocenters. The van der Waals surface area contributed by atoms with Crippen LogP contribution in [0.3, 0.4) is 0 Å². The summed E-state index contributed by atoms with van der Waals surface area (Å²) in [6.07, 6.45) is 8.77. The highest BCUT2D eigenvalue weighted by Crippen LogP contribution is 2.18. The number of pyridine rings is 2. The predicted molar refractivity (Wildman–Crippen MR) is 97.6 cm³/mol. The Kier molecular flexibility index (Phi) is 5.26. The van der Waals surface area contributed by atoms with E-state index in [0.717, 1.165) is 16.7 Å². The molecule has 0 fully saturated rings. The third-order valence-corrected chi connectivity index (χ3v) is 3.64. The molecule has 0 saturated carbocycles. The molecule has 134 valence electrons.